The van der Waals surface area contributed by atoms with Crippen LogP contribution in [0.4, 0.5) is 5.82 Å². The predicted molar refractivity (Wildman–Crippen MR) is 93.3 cm³/mol. The Balaban J connectivity index is 1.85. The highest BCUT2D eigenvalue weighted by atomic mass is 16.5. The van der Waals surface area contributed by atoms with Gasteiger partial charge >= 0.3 is 0 Å². The van der Waals surface area contributed by atoms with E-state index in [1.54, 1.807) is 0 Å². The summed E-state index contributed by atoms with van der Waals surface area (Å²) >= 11 is 0. The molecular weight excluding hydrogens is 286 g/mol. The molecule has 0 atom stereocenters. The number of ether oxygens (including phenoxy) is 1. The lowest BCUT2D eigenvalue weighted by molar-refractivity contribution is 0.302. The lowest BCUT2D eigenvalue weighted by Gasteiger charge is -2.15. The van der Waals surface area contributed by atoms with Gasteiger partial charge in [-0.25, -0.2) is 0 Å². The summed E-state index contributed by atoms with van der Waals surface area (Å²) in [4.78, 5) is 0. The lowest BCUT2D eigenvalue weighted by atomic mass is 9.98. The van der Waals surface area contributed by atoms with E-state index in [2.05, 4.69) is 42.2 Å². The normalized spacial score (nSPS) is 10.9. The van der Waals surface area contributed by atoms with Gasteiger partial charge in [0.1, 0.15) is 18.2 Å². The molecule has 0 bridgehead atoms. The standard InChI is InChI=1S/C19H21N3O/c1-13(2)16-10-15(17-11-19(20)22-21-17)8-9-18(16)23-12-14-6-4-3-5-7-14/h3-11,13H,12H2,1-2H3,(H3,20,21,22). The monoisotopic (exact) mass is 307 g/mol. The minimum atomic E-state index is 0.362. The zero-order valence-electron chi connectivity index (χ0n) is 13.4. The topological polar surface area (TPSA) is 63.9 Å². The summed E-state index contributed by atoms with van der Waals surface area (Å²) < 4.78 is 6.03. The van der Waals surface area contributed by atoms with Crippen LogP contribution in [0, 0.1) is 0 Å². The Hall–Kier alpha value is -2.75. The SMILES string of the molecule is CC(C)c1cc(-c2cc(N)n[nH]2)ccc1OCc1ccccc1. The van der Waals surface area contributed by atoms with Gasteiger partial charge in [0, 0.05) is 11.6 Å². The molecule has 23 heavy (non-hydrogen) atoms. The second-order valence-corrected chi connectivity index (χ2v) is 5.89. The number of rotatable bonds is 5. The third-order valence-corrected chi connectivity index (χ3v) is 3.78. The van der Waals surface area contributed by atoms with Crippen LogP contribution in [0.3, 0.4) is 0 Å². The van der Waals surface area contributed by atoms with Gasteiger partial charge in [0.2, 0.25) is 0 Å². The van der Waals surface area contributed by atoms with E-state index < -0.39 is 0 Å². The molecule has 0 aliphatic carbocycles. The van der Waals surface area contributed by atoms with Crippen LogP contribution in [0.2, 0.25) is 0 Å². The van der Waals surface area contributed by atoms with Gasteiger partial charge in [-0.15, -0.1) is 0 Å². The Labute approximate surface area is 136 Å². The number of hydrogen-bond acceptors (Lipinski definition) is 3. The number of nitrogen functional groups attached to an aromatic ring is 1. The summed E-state index contributed by atoms with van der Waals surface area (Å²) in [6.45, 7) is 4.89. The molecular formula is C19H21N3O. The first-order valence-electron chi connectivity index (χ1n) is 7.75. The smallest absolute Gasteiger partial charge is 0.145 e. The Morgan fingerprint density at radius 2 is 1.87 bits per heavy atom. The molecule has 3 aromatic rings. The van der Waals surface area contributed by atoms with Crippen LogP contribution in [0.25, 0.3) is 11.3 Å². The summed E-state index contributed by atoms with van der Waals surface area (Å²) in [5.41, 5.74) is 10.00. The molecule has 118 valence electrons. The highest BCUT2D eigenvalue weighted by Crippen LogP contribution is 2.32. The number of anilines is 1. The summed E-state index contributed by atoms with van der Waals surface area (Å²) in [7, 11) is 0. The molecule has 1 heterocycles. The van der Waals surface area contributed by atoms with E-state index in [1.807, 2.05) is 36.4 Å². The molecule has 0 unspecified atom stereocenters. The second kappa shape index (κ2) is 6.57. The van der Waals surface area contributed by atoms with E-state index in [-0.39, 0.29) is 0 Å². The van der Waals surface area contributed by atoms with Crippen molar-refractivity contribution in [3.63, 3.8) is 0 Å². The molecule has 0 fully saturated rings. The van der Waals surface area contributed by atoms with Gasteiger partial charge in [-0.1, -0.05) is 44.2 Å². The van der Waals surface area contributed by atoms with Gasteiger partial charge < -0.3 is 10.5 Å². The van der Waals surface area contributed by atoms with Crippen LogP contribution in [0.1, 0.15) is 30.9 Å². The Morgan fingerprint density at radius 1 is 1.09 bits per heavy atom. The molecule has 0 saturated carbocycles. The molecule has 0 spiro atoms. The number of nitrogens with two attached hydrogens (primary N) is 1. The fourth-order valence-electron chi connectivity index (χ4n) is 2.52. The summed E-state index contributed by atoms with van der Waals surface area (Å²) in [6.07, 6.45) is 0. The average molecular weight is 307 g/mol. The number of H-pyrrole nitrogens is 1. The van der Waals surface area contributed by atoms with Crippen LogP contribution >= 0.6 is 0 Å². The Morgan fingerprint density at radius 3 is 2.52 bits per heavy atom. The van der Waals surface area contributed by atoms with Crippen molar-refractivity contribution in [1.29, 1.82) is 0 Å². The first kappa shape index (κ1) is 15.2. The Kier molecular flexibility index (Phi) is 4.33. The van der Waals surface area contributed by atoms with Crippen LogP contribution in [0.15, 0.2) is 54.6 Å². The number of hydrogen-bond donors (Lipinski definition) is 2. The third kappa shape index (κ3) is 3.54. The first-order chi connectivity index (χ1) is 11.1. The van der Waals surface area contributed by atoms with Crippen molar-refractivity contribution < 1.29 is 4.74 Å². The highest BCUT2D eigenvalue weighted by molar-refractivity contribution is 5.64. The summed E-state index contributed by atoms with van der Waals surface area (Å²) in [5.74, 6) is 1.77. The van der Waals surface area contributed by atoms with Crippen LogP contribution in [0.5, 0.6) is 5.75 Å². The maximum atomic E-state index is 6.03. The Bertz CT molecular complexity index is 778. The molecule has 2 aromatic carbocycles. The first-order valence-corrected chi connectivity index (χ1v) is 7.75. The lowest BCUT2D eigenvalue weighted by Crippen LogP contribution is -2.00. The highest BCUT2D eigenvalue weighted by Gasteiger charge is 2.11. The third-order valence-electron chi connectivity index (χ3n) is 3.78. The zero-order chi connectivity index (χ0) is 16.2. The molecule has 3 rings (SSSR count). The molecule has 0 aliphatic heterocycles. The molecule has 4 heteroatoms. The molecule has 4 nitrogen and oxygen atoms in total. The van der Waals surface area contributed by atoms with Crippen molar-refractivity contribution in [2.24, 2.45) is 0 Å². The molecule has 1 aromatic heterocycles. The van der Waals surface area contributed by atoms with Crippen molar-refractivity contribution in [2.45, 2.75) is 26.4 Å². The van der Waals surface area contributed by atoms with E-state index >= 15 is 0 Å². The fourth-order valence-corrected chi connectivity index (χ4v) is 2.52. The number of aromatic amines is 1. The summed E-state index contributed by atoms with van der Waals surface area (Å²) in [5, 5.41) is 6.94. The van der Waals surface area contributed by atoms with Crippen LogP contribution < -0.4 is 10.5 Å². The van der Waals surface area contributed by atoms with Crippen LogP contribution in [-0.2, 0) is 6.61 Å². The number of nitrogens with one attached hydrogen (secondary N) is 1. The van der Waals surface area contributed by atoms with Crippen molar-refractivity contribution >= 4 is 5.82 Å². The van der Waals surface area contributed by atoms with E-state index in [4.69, 9.17) is 10.5 Å². The average Bonchev–Trinajstić information content (AvgIpc) is 3.00. The number of benzene rings is 2. The van der Waals surface area contributed by atoms with Gasteiger partial charge in [0.25, 0.3) is 0 Å². The maximum Gasteiger partial charge on any atom is 0.145 e. The van der Waals surface area contributed by atoms with Gasteiger partial charge in [-0.05, 0) is 35.2 Å². The van der Waals surface area contributed by atoms with Crippen molar-refractivity contribution in [1.82, 2.24) is 10.2 Å². The van der Waals surface area contributed by atoms with E-state index in [9.17, 15) is 0 Å². The van der Waals surface area contributed by atoms with Crippen molar-refractivity contribution in [3.05, 3.63) is 65.7 Å². The van der Waals surface area contributed by atoms with Crippen LogP contribution in [-0.4, -0.2) is 10.2 Å². The van der Waals surface area contributed by atoms with E-state index in [1.165, 1.54) is 5.56 Å². The maximum absolute atomic E-state index is 6.03. The minimum absolute atomic E-state index is 0.362. The molecule has 0 aliphatic rings. The summed E-state index contributed by atoms with van der Waals surface area (Å²) in [6, 6.07) is 18.2. The minimum Gasteiger partial charge on any atom is -0.489 e. The van der Waals surface area contributed by atoms with Crippen molar-refractivity contribution in [2.75, 3.05) is 5.73 Å². The number of nitrogens with zero attached hydrogens (tertiary/aromatic N) is 1. The van der Waals surface area contributed by atoms with E-state index in [0.717, 1.165) is 22.6 Å². The van der Waals surface area contributed by atoms with Gasteiger partial charge in [-0.2, -0.15) is 5.10 Å². The van der Waals surface area contributed by atoms with Gasteiger partial charge in [-0.3, -0.25) is 5.10 Å². The largest absolute Gasteiger partial charge is 0.489 e. The predicted octanol–water partition coefficient (Wildman–Crippen LogP) is 4.36. The zero-order valence-corrected chi connectivity index (χ0v) is 13.4. The molecule has 3 N–H and O–H groups in total. The van der Waals surface area contributed by atoms with Gasteiger partial charge in [0.15, 0.2) is 0 Å². The number of aromatic nitrogens is 2. The molecule has 0 amide bonds. The van der Waals surface area contributed by atoms with E-state index in [0.29, 0.717) is 18.3 Å². The van der Waals surface area contributed by atoms with Gasteiger partial charge in [0.05, 0.1) is 5.69 Å². The fraction of sp³-hybridized carbons (Fsp3) is 0.211. The second-order valence-electron chi connectivity index (χ2n) is 5.89. The molecule has 0 radical (unpaired) electrons. The molecule has 0 saturated heterocycles. The van der Waals surface area contributed by atoms with Crippen molar-refractivity contribution in [3.8, 4) is 17.0 Å². The quantitative estimate of drug-likeness (QED) is 0.736.